The van der Waals surface area contributed by atoms with E-state index in [1.54, 1.807) is 12.1 Å². The topological polar surface area (TPSA) is 55.8 Å². The van der Waals surface area contributed by atoms with E-state index < -0.39 is 13.4 Å². The predicted molar refractivity (Wildman–Crippen MR) is 112 cm³/mol. The Kier molecular flexibility index (Phi) is 10.6. The number of hydrogen-bond acceptors (Lipinski definition) is 3. The lowest BCUT2D eigenvalue weighted by atomic mass is 10.0. The molecule has 0 radical (unpaired) electrons. The van der Waals surface area contributed by atoms with Crippen molar-refractivity contribution in [2.45, 2.75) is 64.1 Å². The van der Waals surface area contributed by atoms with Crippen molar-refractivity contribution in [3.8, 4) is 5.75 Å². The van der Waals surface area contributed by atoms with Crippen LogP contribution in [0.15, 0.2) is 24.3 Å². The van der Waals surface area contributed by atoms with Crippen LogP contribution in [0.5, 0.6) is 5.75 Å². The summed E-state index contributed by atoms with van der Waals surface area (Å²) in [6.45, 7) is 2.63. The smallest absolute Gasteiger partial charge is 0.411 e. The summed E-state index contributed by atoms with van der Waals surface area (Å²) in [4.78, 5) is 10.3. The molecule has 1 aromatic carbocycles. The summed E-state index contributed by atoms with van der Waals surface area (Å²) in [6.07, 6.45) is 10.1. The average molecular weight is 401 g/mol. The number of aryl methyl sites for hydroxylation is 1. The summed E-state index contributed by atoms with van der Waals surface area (Å²) in [5.74, 6) is -0.447. The van der Waals surface area contributed by atoms with Gasteiger partial charge in [-0.15, -0.1) is 0 Å². The van der Waals surface area contributed by atoms with Gasteiger partial charge in [-0.05, 0) is 30.5 Å². The maximum Gasteiger partial charge on any atom is 0.411 e. The highest BCUT2D eigenvalue weighted by atomic mass is 31.2. The molecule has 5 nitrogen and oxygen atoms in total. The Morgan fingerprint density at radius 3 is 2.07 bits per heavy atom. The maximum atomic E-state index is 12.6. The summed E-state index contributed by atoms with van der Waals surface area (Å²) >= 11 is 0. The number of likely N-dealkylation sites (N-methyl/N-ethyl adjacent to an activating group) is 1. The Labute approximate surface area is 165 Å². The lowest BCUT2D eigenvalue weighted by Crippen LogP contribution is -2.42. The Morgan fingerprint density at radius 2 is 1.56 bits per heavy atom. The molecule has 0 aliphatic rings. The average Bonchev–Trinajstić information content (AvgIpc) is 2.59. The van der Waals surface area contributed by atoms with E-state index in [1.807, 2.05) is 33.3 Å². The van der Waals surface area contributed by atoms with E-state index in [4.69, 9.17) is 9.26 Å². The van der Waals surface area contributed by atoms with Gasteiger partial charge in [0, 0.05) is 7.11 Å². The van der Waals surface area contributed by atoms with Crippen LogP contribution in [0.1, 0.15) is 57.4 Å². The Morgan fingerprint density at radius 1 is 1.00 bits per heavy atom. The molecule has 156 valence electrons. The molecule has 0 aromatic heterocycles. The van der Waals surface area contributed by atoms with Gasteiger partial charge in [0.15, 0.2) is 0 Å². The fraction of sp³-hybridized carbons (Fsp3) is 0.714. The van der Waals surface area contributed by atoms with Crippen LogP contribution in [0.2, 0.25) is 0 Å². The molecule has 1 N–H and O–H groups in total. The first-order chi connectivity index (χ1) is 12.7. The summed E-state index contributed by atoms with van der Waals surface area (Å²) in [5, 5.41) is 0. The summed E-state index contributed by atoms with van der Waals surface area (Å²) in [6, 6.07) is 7.51. The van der Waals surface area contributed by atoms with E-state index in [0.29, 0.717) is 16.8 Å². The van der Waals surface area contributed by atoms with Crippen molar-refractivity contribution in [3.05, 3.63) is 29.8 Å². The van der Waals surface area contributed by atoms with E-state index in [0.717, 1.165) is 6.42 Å². The first-order valence-electron chi connectivity index (χ1n) is 10.1. The van der Waals surface area contributed by atoms with Gasteiger partial charge in [0.05, 0.1) is 21.1 Å². The van der Waals surface area contributed by atoms with Crippen LogP contribution < -0.4 is 4.52 Å². The Balaban J connectivity index is 2.47. The van der Waals surface area contributed by atoms with Crippen molar-refractivity contribution < 1.29 is 23.2 Å². The quantitative estimate of drug-likeness (QED) is 0.264. The van der Waals surface area contributed by atoms with Crippen LogP contribution in [0.4, 0.5) is 0 Å². The lowest BCUT2D eigenvalue weighted by molar-refractivity contribution is -0.872. The standard InChI is InChI=1S/C21H38NO4P/c1-6-7-8-9-10-11-12-13-19-14-16-20(17-15-19)26-27(23,24)21(25-5)18-22(2,3)4/h14-17,21H,6-13,18H2,1-5H3/p+1. The molecule has 27 heavy (non-hydrogen) atoms. The zero-order valence-electron chi connectivity index (χ0n) is 17.8. The molecule has 2 unspecified atom stereocenters. The second-order valence-corrected chi connectivity index (χ2v) is 10.2. The maximum absolute atomic E-state index is 12.6. The van der Waals surface area contributed by atoms with E-state index in [1.165, 1.54) is 57.6 Å². The van der Waals surface area contributed by atoms with Gasteiger partial charge in [-0.25, -0.2) is 4.57 Å². The first kappa shape index (κ1) is 24.2. The molecule has 6 heteroatoms. The van der Waals surface area contributed by atoms with Crippen LogP contribution in [0, 0.1) is 0 Å². The van der Waals surface area contributed by atoms with E-state index >= 15 is 0 Å². The number of ether oxygens (including phenoxy) is 1. The monoisotopic (exact) mass is 400 g/mol. The zero-order valence-corrected chi connectivity index (χ0v) is 18.7. The molecule has 1 rings (SSSR count). The van der Waals surface area contributed by atoms with Gasteiger partial charge in [-0.2, -0.15) is 0 Å². The highest BCUT2D eigenvalue weighted by molar-refractivity contribution is 7.53. The molecule has 0 amide bonds. The Bertz CT molecular complexity index is 569. The number of hydrogen-bond donors (Lipinski definition) is 1. The first-order valence-corrected chi connectivity index (χ1v) is 11.8. The number of nitrogens with zero attached hydrogens (tertiary/aromatic N) is 1. The van der Waals surface area contributed by atoms with Gasteiger partial charge in [-0.3, -0.25) is 0 Å². The zero-order chi connectivity index (χ0) is 20.3. The minimum Gasteiger partial charge on any atom is -0.423 e. The van der Waals surface area contributed by atoms with Gasteiger partial charge in [0.1, 0.15) is 12.3 Å². The molecule has 0 spiro atoms. The van der Waals surface area contributed by atoms with E-state index in [9.17, 15) is 9.46 Å². The third-order valence-corrected chi connectivity index (χ3v) is 6.14. The molecule has 0 saturated carbocycles. The van der Waals surface area contributed by atoms with Crippen molar-refractivity contribution in [3.63, 3.8) is 0 Å². The molecule has 0 bridgehead atoms. The van der Waals surface area contributed by atoms with Gasteiger partial charge >= 0.3 is 7.60 Å². The van der Waals surface area contributed by atoms with Gasteiger partial charge in [0.2, 0.25) is 5.85 Å². The SMILES string of the molecule is CCCCCCCCCc1ccc(OP(=O)(O)C(C[N+](C)(C)C)OC)cc1. The third-order valence-electron chi connectivity index (χ3n) is 4.57. The fourth-order valence-corrected chi connectivity index (χ4v) is 4.50. The van der Waals surface area contributed by atoms with Crippen LogP contribution in [-0.4, -0.2) is 50.0 Å². The summed E-state index contributed by atoms with van der Waals surface area (Å²) < 4.78 is 23.8. The molecule has 2 atom stereocenters. The molecule has 0 aliphatic carbocycles. The molecule has 0 aliphatic heterocycles. The molecule has 0 fully saturated rings. The number of quaternary nitrogens is 1. The van der Waals surface area contributed by atoms with Crippen molar-refractivity contribution in [1.29, 1.82) is 0 Å². The molecule has 1 aromatic rings. The summed E-state index contributed by atoms with van der Waals surface area (Å²) in [7, 11) is 3.38. The highest BCUT2D eigenvalue weighted by Crippen LogP contribution is 2.48. The van der Waals surface area contributed by atoms with E-state index in [-0.39, 0.29) is 0 Å². The predicted octanol–water partition coefficient (Wildman–Crippen LogP) is 5.22. The van der Waals surface area contributed by atoms with Crippen molar-refractivity contribution >= 4 is 7.60 Å². The molecular weight excluding hydrogens is 361 g/mol. The van der Waals surface area contributed by atoms with Crippen LogP contribution in [0.25, 0.3) is 0 Å². The van der Waals surface area contributed by atoms with Crippen molar-refractivity contribution in [2.75, 3.05) is 34.8 Å². The fourth-order valence-electron chi connectivity index (χ4n) is 2.99. The van der Waals surface area contributed by atoms with Crippen LogP contribution >= 0.6 is 7.60 Å². The molecular formula is C21H39NO4P+. The highest BCUT2D eigenvalue weighted by Gasteiger charge is 2.38. The van der Waals surface area contributed by atoms with Crippen molar-refractivity contribution in [1.82, 2.24) is 0 Å². The minimum absolute atomic E-state index is 0.390. The second kappa shape index (κ2) is 11.9. The number of methoxy groups -OCH3 is 1. The normalized spacial score (nSPS) is 15.3. The molecule has 0 saturated heterocycles. The van der Waals surface area contributed by atoms with Gasteiger partial charge < -0.3 is 18.6 Å². The number of unbranched alkanes of at least 4 members (excludes halogenated alkanes) is 6. The van der Waals surface area contributed by atoms with E-state index in [2.05, 4.69) is 6.92 Å². The third kappa shape index (κ3) is 10.3. The van der Waals surface area contributed by atoms with Crippen molar-refractivity contribution in [2.24, 2.45) is 0 Å². The number of benzene rings is 1. The minimum atomic E-state index is -3.91. The molecule has 0 heterocycles. The van der Waals surface area contributed by atoms with Crippen LogP contribution in [-0.2, 0) is 15.7 Å². The van der Waals surface area contributed by atoms with Gasteiger partial charge in [-0.1, -0.05) is 57.6 Å². The van der Waals surface area contributed by atoms with Crippen LogP contribution in [0.3, 0.4) is 0 Å². The second-order valence-electron chi connectivity index (χ2n) is 8.33. The summed E-state index contributed by atoms with van der Waals surface area (Å²) in [5.41, 5.74) is 1.23. The Hall–Kier alpha value is -0.870. The lowest BCUT2D eigenvalue weighted by Gasteiger charge is -2.30. The number of rotatable bonds is 14. The largest absolute Gasteiger partial charge is 0.423 e. The van der Waals surface area contributed by atoms with Gasteiger partial charge in [0.25, 0.3) is 0 Å².